The highest BCUT2D eigenvalue weighted by molar-refractivity contribution is 6.28. The quantitative estimate of drug-likeness (QED) is 0.497. The van der Waals surface area contributed by atoms with Crippen LogP contribution in [0.3, 0.4) is 0 Å². The second kappa shape index (κ2) is 7.74. The van der Waals surface area contributed by atoms with E-state index in [4.69, 9.17) is 0 Å². The molecule has 0 spiro atoms. The highest BCUT2D eigenvalue weighted by Crippen LogP contribution is 2.31. The van der Waals surface area contributed by atoms with Crippen molar-refractivity contribution >= 4 is 23.5 Å². The minimum Gasteiger partial charge on any atom is -0.355 e. The van der Waals surface area contributed by atoms with Gasteiger partial charge in [-0.1, -0.05) is 73.3 Å². The lowest BCUT2D eigenvalue weighted by Crippen LogP contribution is -2.30. The molecular formula is C22H19NO3. The molecule has 1 fully saturated rings. The Morgan fingerprint density at radius 3 is 2.27 bits per heavy atom. The van der Waals surface area contributed by atoms with Crippen molar-refractivity contribution in [2.24, 2.45) is 5.92 Å². The number of allylic oxidation sites excluding steroid dienone is 2. The number of carbonyl (C=O) groups is 3. The topological polar surface area (TPSA) is 63.2 Å². The molecule has 0 aliphatic carbocycles. The number of amides is 1. The van der Waals surface area contributed by atoms with Crippen LogP contribution >= 0.6 is 0 Å². The number of hydrogen-bond donors (Lipinski definition) is 1. The Morgan fingerprint density at radius 2 is 1.62 bits per heavy atom. The molecule has 1 amide bonds. The summed E-state index contributed by atoms with van der Waals surface area (Å²) >= 11 is 0. The molecule has 130 valence electrons. The molecule has 0 aromatic heterocycles. The van der Waals surface area contributed by atoms with Crippen molar-refractivity contribution in [2.45, 2.75) is 5.92 Å². The zero-order valence-corrected chi connectivity index (χ0v) is 14.2. The van der Waals surface area contributed by atoms with E-state index in [0.717, 1.165) is 11.1 Å². The summed E-state index contributed by atoms with van der Waals surface area (Å²) in [7, 11) is 0. The fourth-order valence-corrected chi connectivity index (χ4v) is 3.08. The van der Waals surface area contributed by atoms with Gasteiger partial charge in [0.15, 0.2) is 11.6 Å². The average molecular weight is 345 g/mol. The van der Waals surface area contributed by atoms with Crippen LogP contribution in [0.25, 0.3) is 6.08 Å². The monoisotopic (exact) mass is 345 g/mol. The van der Waals surface area contributed by atoms with E-state index in [2.05, 4.69) is 11.9 Å². The van der Waals surface area contributed by atoms with Crippen LogP contribution in [0.2, 0.25) is 0 Å². The van der Waals surface area contributed by atoms with Crippen LogP contribution < -0.4 is 5.32 Å². The second-order valence-electron chi connectivity index (χ2n) is 6.19. The zero-order valence-electron chi connectivity index (χ0n) is 14.2. The molecule has 1 N–H and O–H groups in total. The van der Waals surface area contributed by atoms with Gasteiger partial charge >= 0.3 is 0 Å². The van der Waals surface area contributed by atoms with Crippen molar-refractivity contribution < 1.29 is 14.4 Å². The molecule has 2 aromatic rings. The van der Waals surface area contributed by atoms with Crippen molar-refractivity contribution in [3.05, 3.63) is 90.0 Å². The van der Waals surface area contributed by atoms with Crippen molar-refractivity contribution in [3.8, 4) is 0 Å². The summed E-state index contributed by atoms with van der Waals surface area (Å²) in [5.41, 5.74) is 1.58. The molecule has 3 rings (SSSR count). The molecule has 1 saturated heterocycles. The van der Waals surface area contributed by atoms with E-state index in [9.17, 15) is 14.4 Å². The molecule has 4 nitrogen and oxygen atoms in total. The second-order valence-corrected chi connectivity index (χ2v) is 6.19. The highest BCUT2D eigenvalue weighted by Gasteiger charge is 2.42. The Balaban J connectivity index is 1.76. The third kappa shape index (κ3) is 3.70. The fourth-order valence-electron chi connectivity index (χ4n) is 3.08. The highest BCUT2D eigenvalue weighted by atomic mass is 16.2. The fraction of sp³-hybridized carbons (Fsp3) is 0.136. The predicted octanol–water partition coefficient (Wildman–Crippen LogP) is 2.92. The number of rotatable bonds is 6. The van der Waals surface area contributed by atoms with Crippen LogP contribution in [-0.2, 0) is 14.4 Å². The predicted molar refractivity (Wildman–Crippen MR) is 100 cm³/mol. The van der Waals surface area contributed by atoms with Gasteiger partial charge in [0.1, 0.15) is 5.92 Å². The van der Waals surface area contributed by atoms with E-state index in [1.165, 1.54) is 6.08 Å². The number of benzene rings is 2. The van der Waals surface area contributed by atoms with E-state index in [1.54, 1.807) is 6.08 Å². The van der Waals surface area contributed by atoms with E-state index in [1.807, 2.05) is 60.7 Å². The summed E-state index contributed by atoms with van der Waals surface area (Å²) in [5.74, 6) is -2.57. The minimum absolute atomic E-state index is 0.167. The summed E-state index contributed by atoms with van der Waals surface area (Å²) in [6.07, 6.45) is 2.95. The van der Waals surface area contributed by atoms with Gasteiger partial charge in [0.25, 0.3) is 0 Å². The third-order valence-electron chi connectivity index (χ3n) is 4.51. The molecule has 1 aliphatic rings. The molecular weight excluding hydrogens is 326 g/mol. The molecule has 1 heterocycles. The lowest BCUT2D eigenvalue weighted by atomic mass is 9.83. The van der Waals surface area contributed by atoms with E-state index in [0.29, 0.717) is 6.54 Å². The smallest absolute Gasteiger partial charge is 0.231 e. The van der Waals surface area contributed by atoms with Crippen LogP contribution in [0.5, 0.6) is 0 Å². The normalized spacial score (nSPS) is 19.3. The standard InChI is InChI=1S/C22H19NO3/c1-15(19(24)13-12-16-8-4-2-5-9-16)21(25)20-18(14-23-22(20)26)17-10-6-3-7-11-17/h2-13,18,20H,1,14H2,(H,23,26)/b13-12+/t18-,20?/m0/s1. The molecule has 1 aliphatic heterocycles. The Morgan fingerprint density at radius 1 is 1.00 bits per heavy atom. The Kier molecular flexibility index (Phi) is 5.23. The van der Waals surface area contributed by atoms with Gasteiger partial charge in [-0.3, -0.25) is 14.4 Å². The summed E-state index contributed by atoms with van der Waals surface area (Å²) in [6.45, 7) is 4.02. The average Bonchev–Trinajstić information content (AvgIpc) is 3.08. The lowest BCUT2D eigenvalue weighted by Gasteiger charge is -2.16. The molecule has 2 atom stereocenters. The number of ketones is 2. The first-order chi connectivity index (χ1) is 12.6. The minimum atomic E-state index is -0.918. The van der Waals surface area contributed by atoms with Gasteiger partial charge in [0.05, 0.1) is 5.57 Å². The molecule has 26 heavy (non-hydrogen) atoms. The number of hydrogen-bond acceptors (Lipinski definition) is 3. The zero-order chi connectivity index (χ0) is 18.5. The molecule has 4 heteroatoms. The Bertz CT molecular complexity index is 869. The first-order valence-electron chi connectivity index (χ1n) is 8.41. The largest absolute Gasteiger partial charge is 0.355 e. The maximum Gasteiger partial charge on any atom is 0.231 e. The molecule has 1 unspecified atom stereocenters. The third-order valence-corrected chi connectivity index (χ3v) is 4.51. The van der Waals surface area contributed by atoms with Crippen molar-refractivity contribution in [1.82, 2.24) is 5.32 Å². The number of nitrogens with one attached hydrogen (secondary N) is 1. The van der Waals surface area contributed by atoms with Gasteiger partial charge < -0.3 is 5.32 Å². The van der Waals surface area contributed by atoms with Crippen LogP contribution in [0.4, 0.5) is 0 Å². The Labute approximate surface area is 152 Å². The van der Waals surface area contributed by atoms with Gasteiger partial charge in [0.2, 0.25) is 5.91 Å². The lowest BCUT2D eigenvalue weighted by molar-refractivity contribution is -0.130. The van der Waals surface area contributed by atoms with Crippen LogP contribution in [0.15, 0.2) is 78.9 Å². The van der Waals surface area contributed by atoms with Gasteiger partial charge in [-0.25, -0.2) is 0 Å². The van der Waals surface area contributed by atoms with Gasteiger partial charge in [-0.2, -0.15) is 0 Å². The Hall–Kier alpha value is -3.27. The molecule has 2 aromatic carbocycles. The van der Waals surface area contributed by atoms with Crippen LogP contribution in [-0.4, -0.2) is 24.0 Å². The first kappa shape index (κ1) is 17.5. The van der Waals surface area contributed by atoms with Gasteiger partial charge in [0, 0.05) is 12.5 Å². The van der Waals surface area contributed by atoms with Gasteiger partial charge in [-0.05, 0) is 17.2 Å². The van der Waals surface area contributed by atoms with E-state index < -0.39 is 17.5 Å². The van der Waals surface area contributed by atoms with E-state index in [-0.39, 0.29) is 17.4 Å². The maximum absolute atomic E-state index is 12.8. The molecule has 0 radical (unpaired) electrons. The van der Waals surface area contributed by atoms with E-state index >= 15 is 0 Å². The molecule has 0 bridgehead atoms. The summed E-state index contributed by atoms with van der Waals surface area (Å²) < 4.78 is 0. The SMILES string of the molecule is C=C(C(=O)/C=C/c1ccccc1)C(=O)C1C(=O)NC[C@H]1c1ccccc1. The summed E-state index contributed by atoms with van der Waals surface area (Å²) in [5, 5.41) is 2.72. The van der Waals surface area contributed by atoms with Crippen molar-refractivity contribution in [2.75, 3.05) is 6.54 Å². The summed E-state index contributed by atoms with van der Waals surface area (Å²) in [6, 6.07) is 18.7. The van der Waals surface area contributed by atoms with Crippen molar-refractivity contribution in [1.29, 1.82) is 0 Å². The van der Waals surface area contributed by atoms with Crippen molar-refractivity contribution in [3.63, 3.8) is 0 Å². The van der Waals surface area contributed by atoms with Gasteiger partial charge in [-0.15, -0.1) is 0 Å². The van der Waals surface area contributed by atoms with Crippen LogP contribution in [0, 0.1) is 5.92 Å². The number of Topliss-reactive ketones (excluding diaryl/α,β-unsaturated/α-hetero) is 1. The first-order valence-corrected chi connectivity index (χ1v) is 8.41. The molecule has 0 saturated carbocycles. The van der Waals surface area contributed by atoms with Crippen LogP contribution in [0.1, 0.15) is 17.0 Å². The number of carbonyl (C=O) groups excluding carboxylic acids is 3. The summed E-state index contributed by atoms with van der Waals surface area (Å²) in [4.78, 5) is 37.3. The maximum atomic E-state index is 12.8.